The van der Waals surface area contributed by atoms with Crippen LogP contribution in [0.5, 0.6) is 0 Å². The van der Waals surface area contributed by atoms with E-state index in [9.17, 15) is 19.2 Å². The van der Waals surface area contributed by atoms with E-state index in [1.54, 1.807) is 0 Å². The monoisotopic (exact) mass is 300 g/mol. The van der Waals surface area contributed by atoms with Gasteiger partial charge in [0.25, 0.3) is 0 Å². The van der Waals surface area contributed by atoms with Crippen molar-refractivity contribution in [3.05, 3.63) is 0 Å². The van der Waals surface area contributed by atoms with Crippen molar-refractivity contribution in [2.24, 2.45) is 59.2 Å². The molecule has 10 unspecified atom stereocenters. The lowest BCUT2D eigenvalue weighted by Crippen LogP contribution is -2.45. The number of ether oxygens (including phenoxy) is 1. The van der Waals surface area contributed by atoms with Crippen molar-refractivity contribution in [3.63, 3.8) is 0 Å². The molecule has 22 heavy (non-hydrogen) atoms. The third-order valence-corrected chi connectivity index (χ3v) is 7.97. The zero-order valence-corrected chi connectivity index (χ0v) is 11.9. The third kappa shape index (κ3) is 1.02. The summed E-state index contributed by atoms with van der Waals surface area (Å²) >= 11 is 0. The van der Waals surface area contributed by atoms with Crippen molar-refractivity contribution in [1.29, 1.82) is 0 Å². The zero-order chi connectivity index (χ0) is 14.9. The summed E-state index contributed by atoms with van der Waals surface area (Å²) in [5.74, 6) is 0.603. The number of hydrogen-bond donors (Lipinski definition) is 0. The Kier molecular flexibility index (Phi) is 1.83. The molecule has 6 fully saturated rings. The van der Waals surface area contributed by atoms with E-state index in [2.05, 4.69) is 0 Å². The van der Waals surface area contributed by atoms with E-state index in [-0.39, 0.29) is 77.3 Å². The van der Waals surface area contributed by atoms with E-state index in [1.807, 2.05) is 0 Å². The van der Waals surface area contributed by atoms with Crippen molar-refractivity contribution in [3.8, 4) is 0 Å². The number of cyclic esters (lactones) is 2. The Labute approximate surface area is 126 Å². The molecule has 10 atom stereocenters. The number of carbonyl (C=O) groups excluding carboxylic acids is 4. The molecule has 0 radical (unpaired) electrons. The van der Waals surface area contributed by atoms with Gasteiger partial charge in [-0.2, -0.15) is 0 Å². The first-order valence-electron chi connectivity index (χ1n) is 8.39. The van der Waals surface area contributed by atoms with Crippen LogP contribution in [0.15, 0.2) is 0 Å². The molecular weight excluding hydrogens is 284 g/mol. The van der Waals surface area contributed by atoms with Gasteiger partial charge in [0.2, 0.25) is 0 Å². The molecule has 0 N–H and O–H groups in total. The van der Waals surface area contributed by atoms with Gasteiger partial charge in [-0.25, -0.2) is 0 Å². The molecule has 1 heterocycles. The van der Waals surface area contributed by atoms with Crippen LogP contribution in [0.2, 0.25) is 0 Å². The molecule has 114 valence electrons. The van der Waals surface area contributed by atoms with Gasteiger partial charge in [0, 0.05) is 11.8 Å². The van der Waals surface area contributed by atoms with Crippen LogP contribution in [0.3, 0.4) is 0 Å². The van der Waals surface area contributed by atoms with Crippen LogP contribution >= 0.6 is 0 Å². The molecule has 0 aromatic heterocycles. The summed E-state index contributed by atoms with van der Waals surface area (Å²) in [6.45, 7) is 0. The highest BCUT2D eigenvalue weighted by Gasteiger charge is 2.76. The molecule has 0 amide bonds. The second-order valence-electron chi connectivity index (χ2n) is 8.23. The summed E-state index contributed by atoms with van der Waals surface area (Å²) in [5.41, 5.74) is 0. The number of carbonyl (C=O) groups is 4. The molecule has 5 nitrogen and oxygen atoms in total. The van der Waals surface area contributed by atoms with Crippen molar-refractivity contribution in [2.75, 3.05) is 0 Å². The Morgan fingerprint density at radius 1 is 0.636 bits per heavy atom. The molecule has 0 aromatic rings. The number of fused-ring (bicyclic) bond motifs is 15. The number of esters is 2. The van der Waals surface area contributed by atoms with Crippen LogP contribution in [0.25, 0.3) is 0 Å². The topological polar surface area (TPSA) is 77.5 Å². The van der Waals surface area contributed by atoms with Crippen molar-refractivity contribution < 1.29 is 23.9 Å². The minimum atomic E-state index is -0.339. The molecule has 0 spiro atoms. The molecule has 6 aliphatic rings. The van der Waals surface area contributed by atoms with Gasteiger partial charge in [0.05, 0.1) is 18.3 Å². The second-order valence-corrected chi connectivity index (χ2v) is 8.23. The number of hydrogen-bond acceptors (Lipinski definition) is 5. The molecule has 5 aliphatic carbocycles. The van der Waals surface area contributed by atoms with Crippen molar-refractivity contribution >= 4 is 23.5 Å². The van der Waals surface area contributed by atoms with E-state index >= 15 is 0 Å². The summed E-state index contributed by atoms with van der Waals surface area (Å²) in [7, 11) is 0. The molecule has 1 aliphatic heterocycles. The molecule has 1 saturated heterocycles. The van der Waals surface area contributed by atoms with Crippen LogP contribution in [0.4, 0.5) is 0 Å². The highest BCUT2D eigenvalue weighted by atomic mass is 16.6. The van der Waals surface area contributed by atoms with Crippen LogP contribution in [-0.4, -0.2) is 23.5 Å². The smallest absolute Gasteiger partial charge is 0.317 e. The van der Waals surface area contributed by atoms with Crippen LogP contribution < -0.4 is 0 Å². The quantitative estimate of drug-likeness (QED) is 0.372. The Morgan fingerprint density at radius 2 is 1.05 bits per heavy atom. The fourth-order valence-electron chi connectivity index (χ4n) is 7.81. The van der Waals surface area contributed by atoms with Crippen LogP contribution in [-0.2, 0) is 23.9 Å². The number of Topliss-reactive ketones (excluding diaryl/α,β-unsaturated/α-hetero) is 2. The van der Waals surface area contributed by atoms with Gasteiger partial charge in [-0.15, -0.1) is 0 Å². The van der Waals surface area contributed by atoms with Crippen LogP contribution in [0.1, 0.15) is 19.3 Å². The minimum Gasteiger partial charge on any atom is -0.393 e. The van der Waals surface area contributed by atoms with Crippen molar-refractivity contribution in [1.82, 2.24) is 0 Å². The molecule has 5 heteroatoms. The molecule has 6 rings (SSSR count). The lowest BCUT2D eigenvalue weighted by Gasteiger charge is -2.42. The van der Waals surface area contributed by atoms with E-state index in [0.717, 1.165) is 12.8 Å². The van der Waals surface area contributed by atoms with Crippen molar-refractivity contribution in [2.45, 2.75) is 19.3 Å². The molecular formula is C17H16O5. The fourth-order valence-corrected chi connectivity index (χ4v) is 7.81. The summed E-state index contributed by atoms with van der Waals surface area (Å²) < 4.78 is 4.89. The lowest BCUT2D eigenvalue weighted by molar-refractivity contribution is -0.154. The van der Waals surface area contributed by atoms with Gasteiger partial charge in [0.15, 0.2) is 0 Å². The van der Waals surface area contributed by atoms with Gasteiger partial charge in [-0.1, -0.05) is 0 Å². The Bertz CT molecular complexity index is 571. The SMILES string of the molecule is O=C1CC(=O)C2C3CC(C12)C1C2CC(C4C(=O)OC(=O)C24)C31. The number of ketones is 2. The molecule has 4 bridgehead atoms. The standard InChI is InChI=1S/C17H16O5/c18-8-3-9(19)13-5-1-4(12(8)13)10-6-2-7(11(5)10)15-14(6)16(20)22-17(15)21/h4-7,10-15H,1-3H2. The minimum absolute atomic E-state index is 0.0790. The van der Waals surface area contributed by atoms with Crippen LogP contribution in [0, 0.1) is 59.2 Å². The second kappa shape index (κ2) is 3.36. The van der Waals surface area contributed by atoms with Gasteiger partial charge in [-0.3, -0.25) is 19.2 Å². The average molecular weight is 300 g/mol. The largest absolute Gasteiger partial charge is 0.393 e. The van der Waals surface area contributed by atoms with E-state index < -0.39 is 0 Å². The zero-order valence-electron chi connectivity index (χ0n) is 11.9. The Morgan fingerprint density at radius 3 is 1.50 bits per heavy atom. The Balaban J connectivity index is 1.46. The first kappa shape index (κ1) is 12.0. The van der Waals surface area contributed by atoms with Gasteiger partial charge in [-0.05, 0) is 48.3 Å². The maximum atomic E-state index is 12.2. The lowest BCUT2D eigenvalue weighted by atomic mass is 9.59. The number of rotatable bonds is 0. The molecule has 0 aromatic carbocycles. The van der Waals surface area contributed by atoms with E-state index in [0.29, 0.717) is 11.8 Å². The van der Waals surface area contributed by atoms with E-state index in [4.69, 9.17) is 4.74 Å². The summed E-state index contributed by atoms with van der Waals surface area (Å²) in [6.07, 6.45) is 1.99. The van der Waals surface area contributed by atoms with Gasteiger partial charge in [0.1, 0.15) is 11.6 Å². The van der Waals surface area contributed by atoms with Gasteiger partial charge < -0.3 is 4.74 Å². The highest BCUT2D eigenvalue weighted by Crippen LogP contribution is 2.74. The Hall–Kier alpha value is -1.52. The first-order chi connectivity index (χ1) is 10.6. The van der Waals surface area contributed by atoms with Gasteiger partial charge >= 0.3 is 11.9 Å². The highest BCUT2D eigenvalue weighted by molar-refractivity contribution is 6.09. The average Bonchev–Trinajstić information content (AvgIpc) is 3.21. The first-order valence-corrected chi connectivity index (χ1v) is 8.39. The van der Waals surface area contributed by atoms with E-state index in [1.165, 1.54) is 0 Å². The maximum absolute atomic E-state index is 12.2. The maximum Gasteiger partial charge on any atom is 0.317 e. The third-order valence-electron chi connectivity index (χ3n) is 7.97. The normalized spacial score (nSPS) is 60.0. The predicted molar refractivity (Wildman–Crippen MR) is 69.9 cm³/mol. The molecule has 5 saturated carbocycles. The summed E-state index contributed by atoms with van der Waals surface area (Å²) in [6, 6.07) is 0. The fraction of sp³-hybridized carbons (Fsp3) is 0.765. The summed E-state index contributed by atoms with van der Waals surface area (Å²) in [5, 5.41) is 0. The summed E-state index contributed by atoms with van der Waals surface area (Å²) in [4.78, 5) is 48.5. The predicted octanol–water partition coefficient (Wildman–Crippen LogP) is 0.608.